The maximum absolute atomic E-state index is 12.0. The summed E-state index contributed by atoms with van der Waals surface area (Å²) in [4.78, 5) is 20.1. The molecule has 0 fully saturated rings. The standard InChI is InChI=1S/C17H17N5O3/c1-12(24-11-13-5-3-2-4-6-13)16(23)20-21-17-19-15(22-25-17)14-7-9-18-10-8-14/h2-10,12H,11H2,1H3,(H,20,23)(H,19,21,22)/t12-/m0/s1. The van der Waals surface area contributed by atoms with Crippen LogP contribution in [0.1, 0.15) is 12.5 Å². The van der Waals surface area contributed by atoms with Crippen LogP contribution in [0.5, 0.6) is 0 Å². The van der Waals surface area contributed by atoms with Crippen LogP contribution in [0.15, 0.2) is 59.4 Å². The fourth-order valence-electron chi connectivity index (χ4n) is 1.98. The van der Waals surface area contributed by atoms with Gasteiger partial charge in [-0.3, -0.25) is 15.2 Å². The molecule has 0 unspecified atom stereocenters. The maximum Gasteiger partial charge on any atom is 0.340 e. The molecule has 3 aromatic rings. The van der Waals surface area contributed by atoms with Crippen LogP contribution in [0.4, 0.5) is 6.01 Å². The van der Waals surface area contributed by atoms with Crippen LogP contribution < -0.4 is 10.9 Å². The monoisotopic (exact) mass is 339 g/mol. The van der Waals surface area contributed by atoms with Crippen molar-refractivity contribution in [3.63, 3.8) is 0 Å². The van der Waals surface area contributed by atoms with E-state index in [9.17, 15) is 4.79 Å². The van der Waals surface area contributed by atoms with Gasteiger partial charge in [0.25, 0.3) is 5.91 Å². The molecule has 0 spiro atoms. The molecule has 8 heteroatoms. The number of anilines is 1. The minimum atomic E-state index is -0.643. The molecule has 2 N–H and O–H groups in total. The van der Waals surface area contributed by atoms with Gasteiger partial charge in [0.2, 0.25) is 5.82 Å². The number of ether oxygens (including phenoxy) is 1. The van der Waals surface area contributed by atoms with Crippen molar-refractivity contribution in [1.82, 2.24) is 20.6 Å². The highest BCUT2D eigenvalue weighted by Crippen LogP contribution is 2.15. The molecule has 8 nitrogen and oxygen atoms in total. The average molecular weight is 339 g/mol. The number of carbonyl (C=O) groups is 1. The van der Waals surface area contributed by atoms with Crippen molar-refractivity contribution in [2.45, 2.75) is 19.6 Å². The first-order valence-corrected chi connectivity index (χ1v) is 7.68. The van der Waals surface area contributed by atoms with E-state index in [0.29, 0.717) is 12.4 Å². The normalized spacial score (nSPS) is 11.7. The number of hydrazine groups is 1. The molecule has 0 aliphatic rings. The van der Waals surface area contributed by atoms with Crippen LogP contribution in [0.3, 0.4) is 0 Å². The first-order valence-electron chi connectivity index (χ1n) is 7.68. The van der Waals surface area contributed by atoms with Gasteiger partial charge in [-0.1, -0.05) is 35.5 Å². The van der Waals surface area contributed by atoms with Crippen molar-refractivity contribution in [1.29, 1.82) is 0 Å². The van der Waals surface area contributed by atoms with Gasteiger partial charge in [-0.25, -0.2) is 5.43 Å². The second-order valence-electron chi connectivity index (χ2n) is 5.21. The predicted molar refractivity (Wildman–Crippen MR) is 90.0 cm³/mol. The molecule has 2 aromatic heterocycles. The molecule has 0 radical (unpaired) electrons. The third kappa shape index (κ3) is 4.61. The Morgan fingerprint density at radius 2 is 1.96 bits per heavy atom. The summed E-state index contributed by atoms with van der Waals surface area (Å²) in [6.45, 7) is 2.01. The van der Waals surface area contributed by atoms with Crippen molar-refractivity contribution in [3.8, 4) is 11.4 Å². The predicted octanol–water partition coefficient (Wildman–Crippen LogP) is 2.18. The van der Waals surface area contributed by atoms with Gasteiger partial charge in [-0.05, 0) is 24.6 Å². The second kappa shape index (κ2) is 8.02. The van der Waals surface area contributed by atoms with E-state index in [4.69, 9.17) is 9.26 Å². The number of hydrogen-bond acceptors (Lipinski definition) is 7. The zero-order chi connectivity index (χ0) is 17.5. The van der Waals surface area contributed by atoms with Crippen LogP contribution in [-0.4, -0.2) is 27.1 Å². The van der Waals surface area contributed by atoms with Gasteiger partial charge in [-0.15, -0.1) is 0 Å². The van der Waals surface area contributed by atoms with Crippen LogP contribution in [0.2, 0.25) is 0 Å². The smallest absolute Gasteiger partial charge is 0.340 e. The van der Waals surface area contributed by atoms with E-state index in [2.05, 4.69) is 26.0 Å². The first kappa shape index (κ1) is 16.6. The zero-order valence-electron chi connectivity index (χ0n) is 13.5. The van der Waals surface area contributed by atoms with E-state index >= 15 is 0 Å². The molecule has 0 aliphatic carbocycles. The number of aromatic nitrogens is 3. The number of carbonyl (C=O) groups excluding carboxylic acids is 1. The number of hydrogen-bond donors (Lipinski definition) is 2. The lowest BCUT2D eigenvalue weighted by Crippen LogP contribution is -2.38. The number of benzene rings is 1. The number of nitrogens with one attached hydrogen (secondary N) is 2. The number of nitrogens with zero attached hydrogens (tertiary/aromatic N) is 3. The summed E-state index contributed by atoms with van der Waals surface area (Å²) in [6.07, 6.45) is 2.62. The highest BCUT2D eigenvalue weighted by atomic mass is 16.5. The number of pyridine rings is 1. The molecular formula is C17H17N5O3. The summed E-state index contributed by atoms with van der Waals surface area (Å²) in [7, 11) is 0. The Morgan fingerprint density at radius 1 is 1.20 bits per heavy atom. The van der Waals surface area contributed by atoms with Gasteiger partial charge in [0, 0.05) is 18.0 Å². The van der Waals surface area contributed by atoms with Gasteiger partial charge in [0.15, 0.2) is 0 Å². The molecule has 0 aliphatic heterocycles. The Balaban J connectivity index is 1.48. The Kier molecular flexibility index (Phi) is 5.32. The van der Waals surface area contributed by atoms with Crippen molar-refractivity contribution in [3.05, 3.63) is 60.4 Å². The largest absolute Gasteiger partial charge is 0.364 e. The summed E-state index contributed by atoms with van der Waals surface area (Å²) >= 11 is 0. The highest BCUT2D eigenvalue weighted by molar-refractivity contribution is 5.81. The lowest BCUT2D eigenvalue weighted by atomic mass is 10.2. The van der Waals surface area contributed by atoms with E-state index in [0.717, 1.165) is 11.1 Å². The average Bonchev–Trinajstić information content (AvgIpc) is 3.15. The lowest BCUT2D eigenvalue weighted by molar-refractivity contribution is -0.132. The van der Waals surface area contributed by atoms with E-state index in [1.54, 1.807) is 31.5 Å². The Bertz CT molecular complexity index is 807. The molecule has 128 valence electrons. The van der Waals surface area contributed by atoms with E-state index in [1.165, 1.54) is 0 Å². The quantitative estimate of drug-likeness (QED) is 0.636. The summed E-state index contributed by atoms with van der Waals surface area (Å²) in [6, 6.07) is 13.2. The molecule has 2 heterocycles. The lowest BCUT2D eigenvalue weighted by Gasteiger charge is -2.13. The van der Waals surface area contributed by atoms with Crippen LogP contribution >= 0.6 is 0 Å². The summed E-state index contributed by atoms with van der Waals surface area (Å²) in [5.41, 5.74) is 6.81. The Hall–Kier alpha value is -3.26. The van der Waals surface area contributed by atoms with Gasteiger partial charge in [0.05, 0.1) is 6.61 Å². The molecule has 1 aromatic carbocycles. The summed E-state index contributed by atoms with van der Waals surface area (Å²) in [5.74, 6) is 0.0483. The molecular weight excluding hydrogens is 322 g/mol. The van der Waals surface area contributed by atoms with Crippen molar-refractivity contribution in [2.75, 3.05) is 5.43 Å². The maximum atomic E-state index is 12.0. The fourth-order valence-corrected chi connectivity index (χ4v) is 1.98. The highest BCUT2D eigenvalue weighted by Gasteiger charge is 2.15. The van der Waals surface area contributed by atoms with Crippen molar-refractivity contribution < 1.29 is 14.1 Å². The molecule has 1 atom stereocenters. The fraction of sp³-hybridized carbons (Fsp3) is 0.176. The molecule has 0 saturated carbocycles. The minimum Gasteiger partial charge on any atom is -0.364 e. The van der Waals surface area contributed by atoms with E-state index < -0.39 is 6.10 Å². The van der Waals surface area contributed by atoms with E-state index in [-0.39, 0.29) is 11.9 Å². The summed E-state index contributed by atoms with van der Waals surface area (Å²) < 4.78 is 10.6. The van der Waals surface area contributed by atoms with E-state index in [1.807, 2.05) is 30.3 Å². The van der Waals surface area contributed by atoms with Crippen LogP contribution in [-0.2, 0) is 16.1 Å². The molecule has 1 amide bonds. The van der Waals surface area contributed by atoms with Gasteiger partial charge in [0.1, 0.15) is 6.10 Å². The zero-order valence-corrected chi connectivity index (χ0v) is 13.5. The van der Waals surface area contributed by atoms with Crippen LogP contribution in [0.25, 0.3) is 11.4 Å². The number of rotatable bonds is 7. The third-order valence-corrected chi connectivity index (χ3v) is 3.37. The minimum absolute atomic E-state index is 0.0791. The molecule has 0 saturated heterocycles. The van der Waals surface area contributed by atoms with Gasteiger partial charge >= 0.3 is 6.01 Å². The van der Waals surface area contributed by atoms with Crippen molar-refractivity contribution >= 4 is 11.9 Å². The Morgan fingerprint density at radius 3 is 2.72 bits per heavy atom. The SMILES string of the molecule is C[C@H](OCc1ccccc1)C(=O)NNc1nc(-c2ccncc2)no1. The number of amides is 1. The first-order chi connectivity index (χ1) is 12.2. The molecule has 25 heavy (non-hydrogen) atoms. The van der Waals surface area contributed by atoms with Crippen LogP contribution in [0, 0.1) is 0 Å². The third-order valence-electron chi connectivity index (χ3n) is 3.37. The second-order valence-corrected chi connectivity index (χ2v) is 5.21. The molecule has 3 rings (SSSR count). The van der Waals surface area contributed by atoms with Gasteiger partial charge in [-0.2, -0.15) is 4.98 Å². The summed E-state index contributed by atoms with van der Waals surface area (Å²) in [5, 5.41) is 3.83. The molecule has 0 bridgehead atoms. The van der Waals surface area contributed by atoms with Gasteiger partial charge < -0.3 is 9.26 Å². The van der Waals surface area contributed by atoms with Crippen molar-refractivity contribution in [2.24, 2.45) is 0 Å². The Labute approximate surface area is 144 Å². The topological polar surface area (TPSA) is 102 Å².